The number of hydrogen-bond acceptors (Lipinski definition) is 6. The first-order valence-electron chi connectivity index (χ1n) is 8.71. The minimum Gasteiger partial charge on any atom is -0.394 e. The van der Waals surface area contributed by atoms with Crippen LogP contribution in [0.5, 0.6) is 0 Å². The average Bonchev–Trinajstić information content (AvgIpc) is 2.95. The van der Waals surface area contributed by atoms with Crippen LogP contribution in [-0.4, -0.2) is 56.7 Å². The predicted octanol–water partition coefficient (Wildman–Crippen LogP) is 6.67. The van der Waals surface area contributed by atoms with Crippen LogP contribution in [0.25, 0.3) is 0 Å². The van der Waals surface area contributed by atoms with Gasteiger partial charge < -0.3 is 14.9 Å². The lowest BCUT2D eigenvalue weighted by molar-refractivity contribution is 0.162. The van der Waals surface area contributed by atoms with Crippen molar-refractivity contribution < 1.29 is 32.1 Å². The Hall–Kier alpha value is -2.59. The van der Waals surface area contributed by atoms with E-state index in [1.165, 1.54) is 0 Å². The average molecular weight is 501 g/mol. The summed E-state index contributed by atoms with van der Waals surface area (Å²) in [5.41, 5.74) is 0. The summed E-state index contributed by atoms with van der Waals surface area (Å²) >= 11 is 0. The number of hydrogen-bond donors (Lipinski definition) is 3. The summed E-state index contributed by atoms with van der Waals surface area (Å²) in [6.45, 7) is 59.4. The third-order valence-corrected chi connectivity index (χ3v) is 1.14. The van der Waals surface area contributed by atoms with E-state index >= 15 is 0 Å². The van der Waals surface area contributed by atoms with Gasteiger partial charge in [0.25, 0.3) is 0 Å². The molecular formula is C25H56O7S. The van der Waals surface area contributed by atoms with Crippen LogP contribution in [0.2, 0.25) is 0 Å². The maximum atomic E-state index is 9.33. The Morgan fingerprint density at radius 3 is 0.667 bits per heavy atom. The van der Waals surface area contributed by atoms with Crippen LogP contribution in [-0.2, 0) is 19.3 Å². The molecule has 0 aliphatic rings. The smallest absolute Gasteiger partial charge is 0.394 e. The van der Waals surface area contributed by atoms with E-state index in [0.29, 0.717) is 0 Å². The van der Waals surface area contributed by atoms with Crippen LogP contribution in [0.1, 0.15) is 13.8 Å². The molecule has 0 saturated carbocycles. The van der Waals surface area contributed by atoms with Gasteiger partial charge in [0.2, 0.25) is 0 Å². The molecule has 0 aromatic heterocycles. The number of aliphatic hydroxyl groups is 2. The lowest BCUT2D eigenvalue weighted by Crippen LogP contribution is -1.96. The zero-order valence-electron chi connectivity index (χ0n) is 21.9. The second-order valence-corrected chi connectivity index (χ2v) is 3.01. The molecule has 204 valence electrons. The summed E-state index contributed by atoms with van der Waals surface area (Å²) in [6.07, 6.45) is 0. The van der Waals surface area contributed by atoms with Gasteiger partial charge in [-0.25, -0.2) is 0 Å². The molecule has 0 bridgehead atoms. The van der Waals surface area contributed by atoms with Gasteiger partial charge in [0.15, 0.2) is 0 Å². The summed E-state index contributed by atoms with van der Waals surface area (Å²) < 4.78 is 34.5. The van der Waals surface area contributed by atoms with Crippen molar-refractivity contribution in [2.24, 2.45) is 0 Å². The Kier molecular flexibility index (Phi) is 630. The predicted molar refractivity (Wildman–Crippen MR) is 156 cm³/mol. The van der Waals surface area contributed by atoms with Crippen molar-refractivity contribution in [1.82, 2.24) is 0 Å². The molecule has 0 saturated heterocycles. The maximum absolute atomic E-state index is 9.33. The molecule has 0 atom stereocenters. The first-order chi connectivity index (χ1) is 15.9. The quantitative estimate of drug-likeness (QED) is 0.292. The zero-order valence-corrected chi connectivity index (χ0v) is 22.8. The highest BCUT2D eigenvalue weighted by atomic mass is 32.3. The molecule has 7 nitrogen and oxygen atoms in total. The molecule has 8 heteroatoms. The standard InChI is InChI=1S/C4H10O.C2H6O2.9C2H4.CH4O4S/c1-3-5-4-2;3-1-2-4;9*1-2;1-5-6(2,3)4/h3-4H2,1-2H3;3-4H,1-2H2;9*1-2H2;1H3,(H,2,3,4). The van der Waals surface area contributed by atoms with Crippen molar-refractivity contribution >= 4 is 10.4 Å². The van der Waals surface area contributed by atoms with E-state index in [1.807, 2.05) is 13.8 Å². The molecule has 0 radical (unpaired) electrons. The minimum absolute atomic E-state index is 0.125. The summed E-state index contributed by atoms with van der Waals surface area (Å²) in [4.78, 5) is 0. The lowest BCUT2D eigenvalue weighted by atomic mass is 10.8. The van der Waals surface area contributed by atoms with Gasteiger partial charge in [-0.2, -0.15) is 8.42 Å². The van der Waals surface area contributed by atoms with E-state index in [-0.39, 0.29) is 13.2 Å². The Morgan fingerprint density at radius 2 is 0.667 bits per heavy atom. The Balaban J connectivity index is -0.0000000152. The van der Waals surface area contributed by atoms with Crippen LogP contribution in [0.4, 0.5) is 0 Å². The molecule has 3 N–H and O–H groups in total. The second kappa shape index (κ2) is 268. The molecule has 0 fully saturated rings. The van der Waals surface area contributed by atoms with Crippen molar-refractivity contribution in [2.45, 2.75) is 13.8 Å². The van der Waals surface area contributed by atoms with Gasteiger partial charge in [0.05, 0.1) is 20.3 Å². The van der Waals surface area contributed by atoms with Crippen LogP contribution in [0.15, 0.2) is 118 Å². The van der Waals surface area contributed by atoms with E-state index in [9.17, 15) is 8.42 Å². The van der Waals surface area contributed by atoms with Gasteiger partial charge in [0, 0.05) is 13.2 Å². The fourth-order valence-corrected chi connectivity index (χ4v) is 0.204. The monoisotopic (exact) mass is 500 g/mol. The summed E-state index contributed by atoms with van der Waals surface area (Å²) in [7, 11) is -3.29. The van der Waals surface area contributed by atoms with Crippen molar-refractivity contribution in [3.8, 4) is 0 Å². The topological polar surface area (TPSA) is 113 Å². The van der Waals surface area contributed by atoms with E-state index in [2.05, 4.69) is 123 Å². The molecule has 0 rings (SSSR count). The van der Waals surface area contributed by atoms with E-state index in [4.69, 9.17) is 19.5 Å². The van der Waals surface area contributed by atoms with Gasteiger partial charge >= 0.3 is 10.4 Å². The van der Waals surface area contributed by atoms with Crippen LogP contribution in [0.3, 0.4) is 0 Å². The summed E-state index contributed by atoms with van der Waals surface area (Å²) in [5.74, 6) is 0. The molecular weight excluding hydrogens is 444 g/mol. The minimum atomic E-state index is -4.16. The van der Waals surface area contributed by atoms with Crippen molar-refractivity contribution in [1.29, 1.82) is 0 Å². The second-order valence-electron chi connectivity index (χ2n) is 1.82. The third-order valence-electron chi connectivity index (χ3n) is 0.719. The molecule has 0 amide bonds. The number of ether oxygens (including phenoxy) is 1. The van der Waals surface area contributed by atoms with E-state index < -0.39 is 10.4 Å². The summed E-state index contributed by atoms with van der Waals surface area (Å²) in [6, 6.07) is 0. The van der Waals surface area contributed by atoms with Crippen molar-refractivity contribution in [3.63, 3.8) is 0 Å². The molecule has 0 aromatic rings. The number of aliphatic hydroxyl groups excluding tert-OH is 2. The Morgan fingerprint density at radius 1 is 0.545 bits per heavy atom. The molecule has 0 aliphatic heterocycles. The lowest BCUT2D eigenvalue weighted by Gasteiger charge is -1.86. The first-order valence-corrected chi connectivity index (χ1v) is 10.1. The largest absolute Gasteiger partial charge is 0.397 e. The first kappa shape index (κ1) is 77.6. The zero-order chi connectivity index (χ0) is 30.7. The maximum Gasteiger partial charge on any atom is 0.397 e. The highest BCUT2D eigenvalue weighted by Crippen LogP contribution is 1.74. The number of rotatable bonds is 4. The van der Waals surface area contributed by atoms with Crippen LogP contribution < -0.4 is 0 Å². The van der Waals surface area contributed by atoms with Gasteiger partial charge in [-0.15, -0.1) is 118 Å². The molecule has 33 heavy (non-hydrogen) atoms. The van der Waals surface area contributed by atoms with Gasteiger partial charge in [-0.05, 0) is 13.8 Å². The third kappa shape index (κ3) is 1900. The van der Waals surface area contributed by atoms with Crippen molar-refractivity contribution in [2.75, 3.05) is 33.5 Å². The Bertz CT molecular complexity index is 267. The fourth-order valence-electron chi connectivity index (χ4n) is 0.204. The highest BCUT2D eigenvalue weighted by molar-refractivity contribution is 7.80. The van der Waals surface area contributed by atoms with E-state index in [1.54, 1.807) is 0 Å². The molecule has 0 unspecified atom stereocenters. The molecule has 0 aliphatic carbocycles. The highest BCUT2D eigenvalue weighted by Gasteiger charge is 1.94. The Labute approximate surface area is 208 Å². The normalized spacial score (nSPS) is 5.39. The molecule has 0 heterocycles. The molecule has 0 spiro atoms. The van der Waals surface area contributed by atoms with E-state index in [0.717, 1.165) is 20.3 Å². The van der Waals surface area contributed by atoms with Crippen LogP contribution in [0, 0.1) is 0 Å². The summed E-state index contributed by atoms with van der Waals surface area (Å²) in [5, 5.41) is 15.2. The van der Waals surface area contributed by atoms with Gasteiger partial charge in [0.1, 0.15) is 0 Å². The van der Waals surface area contributed by atoms with Gasteiger partial charge in [-0.3, -0.25) is 8.74 Å². The van der Waals surface area contributed by atoms with Gasteiger partial charge in [-0.1, -0.05) is 0 Å². The SMILES string of the molecule is C=C.C=C.C=C.C=C.C=C.C=C.C=C.C=C.C=C.CCOCC.COS(=O)(=O)O.OCCO. The van der Waals surface area contributed by atoms with Crippen molar-refractivity contribution in [3.05, 3.63) is 118 Å². The van der Waals surface area contributed by atoms with Crippen LogP contribution >= 0.6 is 0 Å². The molecule has 0 aromatic carbocycles. The fraction of sp³-hybridized carbons (Fsp3) is 0.280.